The first-order valence-electron chi connectivity index (χ1n) is 2.60. The van der Waals surface area contributed by atoms with Crippen LogP contribution in [0.2, 0.25) is 0 Å². The molecular formula is C6H8NS. The molecule has 0 amide bonds. The topological polar surface area (TPSA) is 12.9 Å². The van der Waals surface area contributed by atoms with Crippen LogP contribution in [0.15, 0.2) is 10.9 Å². The van der Waals surface area contributed by atoms with Crippen LogP contribution >= 0.6 is 11.3 Å². The van der Waals surface area contributed by atoms with Crippen LogP contribution in [0.3, 0.4) is 0 Å². The lowest BCUT2D eigenvalue weighted by atomic mass is 10.3. The molecular weight excluding hydrogens is 118 g/mol. The molecule has 0 spiro atoms. The largest absolute Gasteiger partial charge is 0.250 e. The normalized spacial score (nSPS) is 9.62. The zero-order chi connectivity index (χ0) is 5.82. The van der Waals surface area contributed by atoms with E-state index in [9.17, 15) is 0 Å². The van der Waals surface area contributed by atoms with Crippen molar-refractivity contribution in [1.82, 2.24) is 4.98 Å². The molecule has 2 heteroatoms. The Bertz CT molecular complexity index is 134. The smallest absolute Gasteiger partial charge is 0.0794 e. The van der Waals surface area contributed by atoms with Crippen LogP contribution < -0.4 is 0 Å². The van der Waals surface area contributed by atoms with Gasteiger partial charge < -0.3 is 0 Å². The molecule has 0 N–H and O–H groups in total. The van der Waals surface area contributed by atoms with E-state index in [-0.39, 0.29) is 0 Å². The molecule has 0 aliphatic rings. The van der Waals surface area contributed by atoms with Crippen LogP contribution in [-0.2, 0) is 6.42 Å². The minimum atomic E-state index is 0.948. The minimum absolute atomic E-state index is 0.948. The molecule has 0 atom stereocenters. The van der Waals surface area contributed by atoms with Gasteiger partial charge in [0.25, 0.3) is 0 Å². The number of rotatable bonds is 2. The highest BCUT2D eigenvalue weighted by Gasteiger charge is 1.88. The molecule has 1 aromatic heterocycles. The molecule has 1 aromatic rings. The summed E-state index contributed by atoms with van der Waals surface area (Å²) in [5.74, 6) is 0. The molecule has 8 heavy (non-hydrogen) atoms. The molecule has 1 nitrogen and oxygen atoms in total. The van der Waals surface area contributed by atoms with E-state index in [1.54, 1.807) is 11.3 Å². The van der Waals surface area contributed by atoms with Crippen molar-refractivity contribution < 1.29 is 0 Å². The molecule has 1 radical (unpaired) electrons. The average Bonchev–Trinajstić information content (AvgIpc) is 2.19. The van der Waals surface area contributed by atoms with Gasteiger partial charge in [-0.25, -0.2) is 4.98 Å². The zero-order valence-electron chi connectivity index (χ0n) is 4.63. The summed E-state index contributed by atoms with van der Waals surface area (Å²) in [5.41, 5.74) is 3.02. The van der Waals surface area contributed by atoms with Crippen molar-refractivity contribution in [2.24, 2.45) is 0 Å². The van der Waals surface area contributed by atoms with Gasteiger partial charge in [-0.05, 0) is 12.8 Å². The summed E-state index contributed by atoms with van der Waals surface area (Å²) in [6, 6.07) is 0. The van der Waals surface area contributed by atoms with Crippen LogP contribution in [-0.4, -0.2) is 4.98 Å². The molecule has 0 bridgehead atoms. The van der Waals surface area contributed by atoms with E-state index in [1.807, 2.05) is 5.51 Å². The van der Waals surface area contributed by atoms with Crippen LogP contribution in [0.25, 0.3) is 0 Å². The minimum Gasteiger partial charge on any atom is -0.250 e. The van der Waals surface area contributed by atoms with E-state index < -0.39 is 0 Å². The first-order valence-corrected chi connectivity index (χ1v) is 3.54. The predicted octanol–water partition coefficient (Wildman–Crippen LogP) is 1.91. The van der Waals surface area contributed by atoms with Crippen molar-refractivity contribution in [2.75, 3.05) is 0 Å². The van der Waals surface area contributed by atoms with Crippen LogP contribution in [0.1, 0.15) is 12.1 Å². The molecule has 0 saturated carbocycles. The van der Waals surface area contributed by atoms with Gasteiger partial charge in [-0.2, -0.15) is 0 Å². The standard InChI is InChI=1S/C6H8NS/c1-2-3-6-4-8-5-7-6/h4-5H,1-3H2. The van der Waals surface area contributed by atoms with Gasteiger partial charge in [-0.1, -0.05) is 6.92 Å². The van der Waals surface area contributed by atoms with Gasteiger partial charge in [-0.3, -0.25) is 0 Å². The molecule has 0 saturated heterocycles. The molecule has 43 valence electrons. The number of hydrogen-bond acceptors (Lipinski definition) is 2. The molecule has 0 aliphatic heterocycles. The first kappa shape index (κ1) is 5.76. The number of hydrogen-bond donors (Lipinski definition) is 0. The third kappa shape index (κ3) is 1.30. The average molecular weight is 126 g/mol. The Labute approximate surface area is 53.4 Å². The lowest BCUT2D eigenvalue weighted by Crippen LogP contribution is -1.79. The first-order chi connectivity index (χ1) is 3.93. The highest BCUT2D eigenvalue weighted by Crippen LogP contribution is 2.02. The zero-order valence-corrected chi connectivity index (χ0v) is 5.45. The van der Waals surface area contributed by atoms with Crippen LogP contribution in [0.4, 0.5) is 0 Å². The highest BCUT2D eigenvalue weighted by molar-refractivity contribution is 7.07. The Morgan fingerprint density at radius 1 is 1.75 bits per heavy atom. The van der Waals surface area contributed by atoms with Crippen molar-refractivity contribution in [3.63, 3.8) is 0 Å². The maximum atomic E-state index is 4.08. The van der Waals surface area contributed by atoms with Crippen molar-refractivity contribution >= 4 is 11.3 Å². The fraction of sp³-hybridized carbons (Fsp3) is 0.333. The molecule has 1 heterocycles. The number of aryl methyl sites for hydroxylation is 1. The van der Waals surface area contributed by atoms with Gasteiger partial charge >= 0.3 is 0 Å². The lowest BCUT2D eigenvalue weighted by molar-refractivity contribution is 0.957. The maximum absolute atomic E-state index is 4.08. The van der Waals surface area contributed by atoms with Crippen molar-refractivity contribution in [1.29, 1.82) is 0 Å². The molecule has 0 aromatic carbocycles. The molecule has 0 unspecified atom stereocenters. The van der Waals surface area contributed by atoms with Gasteiger partial charge in [-0.15, -0.1) is 11.3 Å². The van der Waals surface area contributed by atoms with Gasteiger partial charge in [0.15, 0.2) is 0 Å². The summed E-state index contributed by atoms with van der Waals surface area (Å²) >= 11 is 1.64. The van der Waals surface area contributed by atoms with E-state index in [1.165, 1.54) is 5.69 Å². The Morgan fingerprint density at radius 2 is 2.62 bits per heavy atom. The van der Waals surface area contributed by atoms with E-state index in [0.717, 1.165) is 12.8 Å². The second-order valence-corrected chi connectivity index (χ2v) is 2.30. The molecule has 1 rings (SSSR count). The van der Waals surface area contributed by atoms with Crippen LogP contribution in [0.5, 0.6) is 0 Å². The van der Waals surface area contributed by atoms with E-state index in [0.29, 0.717) is 0 Å². The Kier molecular flexibility index (Phi) is 2.03. The summed E-state index contributed by atoms with van der Waals surface area (Å²) in [7, 11) is 0. The van der Waals surface area contributed by atoms with Crippen molar-refractivity contribution in [3.05, 3.63) is 23.5 Å². The number of nitrogens with zero attached hydrogens (tertiary/aromatic N) is 1. The van der Waals surface area contributed by atoms with E-state index in [4.69, 9.17) is 0 Å². The lowest BCUT2D eigenvalue weighted by Gasteiger charge is -1.84. The van der Waals surface area contributed by atoms with E-state index >= 15 is 0 Å². The summed E-state index contributed by atoms with van der Waals surface area (Å²) in [6.45, 7) is 3.73. The second kappa shape index (κ2) is 2.82. The van der Waals surface area contributed by atoms with Crippen molar-refractivity contribution in [3.8, 4) is 0 Å². The summed E-state index contributed by atoms with van der Waals surface area (Å²) in [5, 5.41) is 2.06. The Hall–Kier alpha value is -0.370. The summed E-state index contributed by atoms with van der Waals surface area (Å²) in [4.78, 5) is 4.08. The highest BCUT2D eigenvalue weighted by atomic mass is 32.1. The maximum Gasteiger partial charge on any atom is 0.0794 e. The molecule has 0 fully saturated rings. The molecule has 0 aliphatic carbocycles. The third-order valence-corrected chi connectivity index (χ3v) is 1.55. The summed E-state index contributed by atoms with van der Waals surface area (Å²) in [6.07, 6.45) is 1.97. The van der Waals surface area contributed by atoms with Gasteiger partial charge in [0.2, 0.25) is 0 Å². The van der Waals surface area contributed by atoms with E-state index in [2.05, 4.69) is 17.3 Å². The van der Waals surface area contributed by atoms with Gasteiger partial charge in [0.1, 0.15) is 0 Å². The second-order valence-electron chi connectivity index (χ2n) is 1.58. The fourth-order valence-electron chi connectivity index (χ4n) is 0.542. The fourth-order valence-corrected chi connectivity index (χ4v) is 1.14. The Balaban J connectivity index is 2.50. The number of aromatic nitrogens is 1. The monoisotopic (exact) mass is 126 g/mol. The summed E-state index contributed by atoms with van der Waals surface area (Å²) < 4.78 is 0. The quantitative estimate of drug-likeness (QED) is 0.590. The van der Waals surface area contributed by atoms with Gasteiger partial charge in [0, 0.05) is 5.38 Å². The van der Waals surface area contributed by atoms with Crippen LogP contribution in [0, 0.1) is 6.92 Å². The SMILES string of the molecule is [CH2]CCc1cscn1. The number of thiazole rings is 1. The van der Waals surface area contributed by atoms with Crippen molar-refractivity contribution in [2.45, 2.75) is 12.8 Å². The third-order valence-electron chi connectivity index (χ3n) is 0.916. The Morgan fingerprint density at radius 3 is 3.12 bits per heavy atom. The van der Waals surface area contributed by atoms with Gasteiger partial charge in [0.05, 0.1) is 11.2 Å². The predicted molar refractivity (Wildman–Crippen MR) is 35.8 cm³/mol.